The van der Waals surface area contributed by atoms with Gasteiger partial charge < -0.3 is 15.3 Å². The molecule has 16 heavy (non-hydrogen) atoms. The summed E-state index contributed by atoms with van der Waals surface area (Å²) in [5, 5.41) is 8.90. The molecule has 0 saturated heterocycles. The Morgan fingerprint density at radius 1 is 1.38 bits per heavy atom. The number of aromatic nitrogens is 1. The van der Waals surface area contributed by atoms with Crippen LogP contribution >= 0.6 is 15.9 Å². The number of oxazole rings is 1. The summed E-state index contributed by atoms with van der Waals surface area (Å²) in [6.07, 6.45) is 0. The zero-order valence-electron chi connectivity index (χ0n) is 7.98. The van der Waals surface area contributed by atoms with Gasteiger partial charge in [-0.15, -0.1) is 0 Å². The maximum Gasteiger partial charge on any atom is 0.374 e. The second-order valence-electron chi connectivity index (χ2n) is 3.04. The summed E-state index contributed by atoms with van der Waals surface area (Å²) < 4.78 is 5.71. The van der Waals surface area contributed by atoms with Crippen LogP contribution in [-0.4, -0.2) is 16.1 Å². The Hall–Kier alpha value is -1.82. The van der Waals surface area contributed by atoms with E-state index >= 15 is 0 Å². The van der Waals surface area contributed by atoms with Gasteiger partial charge in [0.15, 0.2) is 0 Å². The summed E-state index contributed by atoms with van der Waals surface area (Å²) in [5.41, 5.74) is 6.21. The van der Waals surface area contributed by atoms with Crippen molar-refractivity contribution in [2.45, 2.75) is 0 Å². The lowest BCUT2D eigenvalue weighted by molar-refractivity contribution is 0.0665. The van der Waals surface area contributed by atoms with Gasteiger partial charge in [-0.3, -0.25) is 0 Å². The predicted molar refractivity (Wildman–Crippen MR) is 61.0 cm³/mol. The summed E-state index contributed by atoms with van der Waals surface area (Å²) in [6.45, 7) is 0. The van der Waals surface area contributed by atoms with Crippen molar-refractivity contribution in [2.24, 2.45) is 0 Å². The number of rotatable bonds is 2. The minimum Gasteiger partial charge on any atom is -0.475 e. The summed E-state index contributed by atoms with van der Waals surface area (Å²) in [7, 11) is 0. The van der Waals surface area contributed by atoms with Gasteiger partial charge in [0.05, 0.1) is 0 Å². The van der Waals surface area contributed by atoms with Gasteiger partial charge in [0, 0.05) is 10.0 Å². The summed E-state index contributed by atoms with van der Waals surface area (Å²) in [4.78, 5) is 14.7. The lowest BCUT2D eigenvalue weighted by Crippen LogP contribution is -1.96. The van der Waals surface area contributed by atoms with E-state index in [1.807, 2.05) is 0 Å². The molecule has 0 saturated carbocycles. The maximum atomic E-state index is 10.9. The standard InChI is InChI=1S/C10H7BrN2O3/c11-6-3-1-5(2-4-6)7-8(9(14)15)16-10(12)13-7/h1-4H,(H2,12,13)(H,14,15). The average molecular weight is 283 g/mol. The molecule has 5 nitrogen and oxygen atoms in total. The van der Waals surface area contributed by atoms with E-state index in [0.29, 0.717) is 5.56 Å². The van der Waals surface area contributed by atoms with Crippen molar-refractivity contribution in [2.75, 3.05) is 5.73 Å². The SMILES string of the molecule is Nc1nc(-c2ccc(Br)cc2)c(C(=O)O)o1. The first-order valence-corrected chi connectivity index (χ1v) is 5.13. The normalized spacial score (nSPS) is 10.3. The molecule has 2 aromatic rings. The summed E-state index contributed by atoms with van der Waals surface area (Å²) in [6, 6.07) is 6.87. The van der Waals surface area contributed by atoms with Crippen molar-refractivity contribution in [1.29, 1.82) is 0 Å². The number of halogens is 1. The van der Waals surface area contributed by atoms with Gasteiger partial charge in [-0.2, -0.15) is 4.98 Å². The molecule has 2 rings (SSSR count). The molecule has 0 bridgehead atoms. The number of benzene rings is 1. The van der Waals surface area contributed by atoms with Crippen LogP contribution in [-0.2, 0) is 0 Å². The number of anilines is 1. The van der Waals surface area contributed by atoms with Gasteiger partial charge in [0.25, 0.3) is 6.01 Å². The molecular formula is C10H7BrN2O3. The molecule has 6 heteroatoms. The Bertz CT molecular complexity index is 533. The van der Waals surface area contributed by atoms with Crippen molar-refractivity contribution in [3.63, 3.8) is 0 Å². The van der Waals surface area contributed by atoms with E-state index in [1.54, 1.807) is 24.3 Å². The zero-order chi connectivity index (χ0) is 11.7. The molecule has 0 aliphatic carbocycles. The number of nitrogens with zero attached hydrogens (tertiary/aromatic N) is 1. The number of carbonyl (C=O) groups is 1. The number of hydrogen-bond donors (Lipinski definition) is 2. The summed E-state index contributed by atoms with van der Waals surface area (Å²) >= 11 is 3.29. The van der Waals surface area contributed by atoms with Crippen LogP contribution in [0.3, 0.4) is 0 Å². The maximum absolute atomic E-state index is 10.9. The quantitative estimate of drug-likeness (QED) is 0.883. The molecule has 0 aliphatic heterocycles. The van der Waals surface area contributed by atoms with Crippen molar-refractivity contribution in [3.8, 4) is 11.3 Å². The Labute approximate surface area is 99.0 Å². The topological polar surface area (TPSA) is 89.3 Å². The van der Waals surface area contributed by atoms with Crippen molar-refractivity contribution in [1.82, 2.24) is 4.98 Å². The minimum atomic E-state index is -1.19. The predicted octanol–water partition coefficient (Wildman–Crippen LogP) is 2.38. The smallest absolute Gasteiger partial charge is 0.374 e. The second kappa shape index (κ2) is 3.97. The second-order valence-corrected chi connectivity index (χ2v) is 3.96. The molecule has 0 radical (unpaired) electrons. The Balaban J connectivity index is 2.55. The fourth-order valence-electron chi connectivity index (χ4n) is 1.29. The fraction of sp³-hybridized carbons (Fsp3) is 0. The fourth-order valence-corrected chi connectivity index (χ4v) is 1.55. The Morgan fingerprint density at radius 2 is 2.00 bits per heavy atom. The first-order valence-electron chi connectivity index (χ1n) is 4.33. The highest BCUT2D eigenvalue weighted by atomic mass is 79.9. The number of nitrogens with two attached hydrogens (primary N) is 1. The first kappa shape index (κ1) is 10.7. The molecule has 1 heterocycles. The van der Waals surface area contributed by atoms with E-state index in [0.717, 1.165) is 4.47 Å². The molecule has 0 amide bonds. The number of carboxylic acid groups (broad SMARTS) is 1. The molecule has 82 valence electrons. The van der Waals surface area contributed by atoms with Crippen LogP contribution in [0.15, 0.2) is 33.2 Å². The van der Waals surface area contributed by atoms with Crippen LogP contribution in [0.25, 0.3) is 11.3 Å². The molecule has 3 N–H and O–H groups in total. The van der Waals surface area contributed by atoms with Crippen LogP contribution < -0.4 is 5.73 Å². The van der Waals surface area contributed by atoms with Crippen molar-refractivity contribution < 1.29 is 14.3 Å². The van der Waals surface area contributed by atoms with E-state index < -0.39 is 5.97 Å². The molecule has 0 fully saturated rings. The number of nitrogen functional groups attached to an aromatic ring is 1. The Morgan fingerprint density at radius 3 is 2.56 bits per heavy atom. The Kier molecular flexibility index (Phi) is 2.66. The summed E-state index contributed by atoms with van der Waals surface area (Å²) in [5.74, 6) is -1.44. The van der Waals surface area contributed by atoms with Gasteiger partial charge in [-0.05, 0) is 12.1 Å². The van der Waals surface area contributed by atoms with E-state index in [1.165, 1.54) is 0 Å². The molecule has 0 atom stereocenters. The van der Waals surface area contributed by atoms with E-state index in [9.17, 15) is 4.79 Å². The van der Waals surface area contributed by atoms with Gasteiger partial charge >= 0.3 is 5.97 Å². The molecular weight excluding hydrogens is 276 g/mol. The minimum absolute atomic E-state index is 0.157. The van der Waals surface area contributed by atoms with Crippen molar-refractivity contribution in [3.05, 3.63) is 34.5 Å². The monoisotopic (exact) mass is 282 g/mol. The van der Waals surface area contributed by atoms with E-state index in [4.69, 9.17) is 15.3 Å². The molecule has 1 aromatic carbocycles. The molecule has 0 unspecified atom stereocenters. The lowest BCUT2D eigenvalue weighted by atomic mass is 10.1. The zero-order valence-corrected chi connectivity index (χ0v) is 9.56. The van der Waals surface area contributed by atoms with Crippen LogP contribution in [0.5, 0.6) is 0 Å². The molecule has 0 spiro atoms. The first-order chi connectivity index (χ1) is 7.58. The number of hydrogen-bond acceptors (Lipinski definition) is 4. The lowest BCUT2D eigenvalue weighted by Gasteiger charge is -1.97. The van der Waals surface area contributed by atoms with Crippen LogP contribution in [0.4, 0.5) is 6.01 Å². The van der Waals surface area contributed by atoms with Crippen LogP contribution in [0.1, 0.15) is 10.6 Å². The average Bonchev–Trinajstić information content (AvgIpc) is 2.61. The third kappa shape index (κ3) is 1.92. The van der Waals surface area contributed by atoms with Crippen LogP contribution in [0, 0.1) is 0 Å². The molecule has 0 aliphatic rings. The third-order valence-electron chi connectivity index (χ3n) is 1.96. The largest absolute Gasteiger partial charge is 0.475 e. The van der Waals surface area contributed by atoms with Gasteiger partial charge in [-0.1, -0.05) is 28.1 Å². The van der Waals surface area contributed by atoms with E-state index in [-0.39, 0.29) is 17.5 Å². The van der Waals surface area contributed by atoms with E-state index in [2.05, 4.69) is 20.9 Å². The number of aromatic carboxylic acids is 1. The highest BCUT2D eigenvalue weighted by Crippen LogP contribution is 2.26. The van der Waals surface area contributed by atoms with Crippen LogP contribution in [0.2, 0.25) is 0 Å². The number of carboxylic acids is 1. The van der Waals surface area contributed by atoms with Gasteiger partial charge in [-0.25, -0.2) is 4.79 Å². The highest BCUT2D eigenvalue weighted by Gasteiger charge is 2.19. The third-order valence-corrected chi connectivity index (χ3v) is 2.48. The van der Waals surface area contributed by atoms with Crippen molar-refractivity contribution >= 4 is 27.9 Å². The highest BCUT2D eigenvalue weighted by molar-refractivity contribution is 9.10. The van der Waals surface area contributed by atoms with Gasteiger partial charge in [0.1, 0.15) is 5.69 Å². The molecule has 1 aromatic heterocycles. The van der Waals surface area contributed by atoms with Gasteiger partial charge in [0.2, 0.25) is 5.76 Å².